The maximum absolute atomic E-state index is 5.54. The van der Waals surface area contributed by atoms with Gasteiger partial charge >= 0.3 is 0 Å². The average Bonchev–Trinajstić information content (AvgIpc) is 2.16. The fraction of sp³-hybridized carbons (Fsp3) is 0.182. The molecule has 0 amide bonds. The number of rotatable bonds is 1. The molecule has 0 aliphatic heterocycles. The molecule has 2 heteroatoms. The predicted molar refractivity (Wildman–Crippen MR) is 54.4 cm³/mol. The van der Waals surface area contributed by atoms with E-state index in [9.17, 15) is 0 Å². The first kappa shape index (κ1) is 8.20. The molecule has 0 atom stereocenters. The van der Waals surface area contributed by atoms with Crippen LogP contribution in [0.25, 0.3) is 10.9 Å². The van der Waals surface area contributed by atoms with Crippen molar-refractivity contribution in [1.82, 2.24) is 4.98 Å². The quantitative estimate of drug-likeness (QED) is 0.714. The summed E-state index contributed by atoms with van der Waals surface area (Å²) in [5.41, 5.74) is 8.90. The number of hydrogen-bond acceptors (Lipinski definition) is 2. The van der Waals surface area contributed by atoms with Gasteiger partial charge in [0.2, 0.25) is 0 Å². The van der Waals surface area contributed by atoms with Crippen LogP contribution in [0.2, 0.25) is 0 Å². The third-order valence-corrected chi connectivity index (χ3v) is 2.13. The zero-order valence-electron chi connectivity index (χ0n) is 7.62. The summed E-state index contributed by atoms with van der Waals surface area (Å²) >= 11 is 0. The van der Waals surface area contributed by atoms with Crippen molar-refractivity contribution < 1.29 is 0 Å². The molecule has 0 aliphatic carbocycles. The number of benzene rings is 1. The molecule has 2 aromatic rings. The molecule has 0 fully saturated rings. The molecule has 1 heterocycles. The van der Waals surface area contributed by atoms with Crippen LogP contribution in [0.1, 0.15) is 11.1 Å². The van der Waals surface area contributed by atoms with E-state index < -0.39 is 0 Å². The van der Waals surface area contributed by atoms with Crippen LogP contribution in [0.15, 0.2) is 30.5 Å². The fourth-order valence-corrected chi connectivity index (χ4v) is 1.41. The summed E-state index contributed by atoms with van der Waals surface area (Å²) in [5, 5.41) is 1.17. The van der Waals surface area contributed by atoms with Crippen molar-refractivity contribution >= 4 is 10.9 Å². The van der Waals surface area contributed by atoms with Gasteiger partial charge in [0.05, 0.1) is 5.52 Å². The molecule has 1 aromatic carbocycles. The largest absolute Gasteiger partial charge is 0.326 e. The van der Waals surface area contributed by atoms with Crippen LogP contribution in [-0.4, -0.2) is 4.98 Å². The Labute approximate surface area is 77.4 Å². The zero-order valence-corrected chi connectivity index (χ0v) is 7.62. The second-order valence-corrected chi connectivity index (χ2v) is 3.24. The first-order chi connectivity index (χ1) is 6.29. The minimum Gasteiger partial charge on any atom is -0.326 e. The predicted octanol–water partition coefficient (Wildman–Crippen LogP) is 2.00. The molecule has 0 aliphatic rings. The lowest BCUT2D eigenvalue weighted by atomic mass is 10.1. The molecule has 0 radical (unpaired) electrons. The van der Waals surface area contributed by atoms with Gasteiger partial charge in [0.1, 0.15) is 0 Å². The molecule has 1 aromatic heterocycles. The highest BCUT2D eigenvalue weighted by Gasteiger charge is 1.96. The first-order valence-corrected chi connectivity index (χ1v) is 4.35. The molecule has 0 saturated heterocycles. The summed E-state index contributed by atoms with van der Waals surface area (Å²) in [6, 6.07) is 8.32. The number of fused-ring (bicyclic) bond motifs is 1. The Morgan fingerprint density at radius 1 is 1.31 bits per heavy atom. The van der Waals surface area contributed by atoms with Crippen molar-refractivity contribution in [3.8, 4) is 0 Å². The highest BCUT2D eigenvalue weighted by atomic mass is 14.7. The van der Waals surface area contributed by atoms with Gasteiger partial charge in [-0.2, -0.15) is 0 Å². The second kappa shape index (κ2) is 3.15. The van der Waals surface area contributed by atoms with Crippen LogP contribution in [0.3, 0.4) is 0 Å². The molecule has 13 heavy (non-hydrogen) atoms. The molecule has 2 nitrogen and oxygen atoms in total. The van der Waals surface area contributed by atoms with Crippen molar-refractivity contribution in [2.24, 2.45) is 5.73 Å². The Morgan fingerprint density at radius 2 is 2.15 bits per heavy atom. The van der Waals surface area contributed by atoms with Gasteiger partial charge in [-0.05, 0) is 30.7 Å². The van der Waals surface area contributed by atoms with Crippen LogP contribution in [0, 0.1) is 6.92 Å². The normalized spacial score (nSPS) is 10.6. The molecule has 2 N–H and O–H groups in total. The summed E-state index contributed by atoms with van der Waals surface area (Å²) in [5.74, 6) is 0. The van der Waals surface area contributed by atoms with Crippen LogP contribution >= 0.6 is 0 Å². The molecule has 0 saturated carbocycles. The van der Waals surface area contributed by atoms with E-state index in [1.807, 2.05) is 12.3 Å². The molecule has 0 spiro atoms. The second-order valence-electron chi connectivity index (χ2n) is 3.24. The molecule has 0 bridgehead atoms. The van der Waals surface area contributed by atoms with E-state index in [1.54, 1.807) is 0 Å². The van der Waals surface area contributed by atoms with Gasteiger partial charge in [0.25, 0.3) is 0 Å². The standard InChI is InChI=1S/C11H12N2/c1-8-2-3-11-10(4-8)5-9(6-12)7-13-11/h2-5,7H,6,12H2,1H3. The smallest absolute Gasteiger partial charge is 0.0702 e. The first-order valence-electron chi connectivity index (χ1n) is 4.35. The lowest BCUT2D eigenvalue weighted by Crippen LogP contribution is -1.96. The van der Waals surface area contributed by atoms with Crippen LogP contribution in [0.5, 0.6) is 0 Å². The number of aryl methyl sites for hydroxylation is 1. The SMILES string of the molecule is Cc1ccc2ncc(CN)cc2c1. The minimum absolute atomic E-state index is 0.552. The Balaban J connectivity index is 2.68. The van der Waals surface area contributed by atoms with Gasteiger partial charge in [-0.25, -0.2) is 0 Å². The average molecular weight is 172 g/mol. The van der Waals surface area contributed by atoms with Gasteiger partial charge in [-0.3, -0.25) is 4.98 Å². The Morgan fingerprint density at radius 3 is 2.92 bits per heavy atom. The van der Waals surface area contributed by atoms with E-state index >= 15 is 0 Å². The maximum Gasteiger partial charge on any atom is 0.0702 e. The molecular weight excluding hydrogens is 160 g/mol. The lowest BCUT2D eigenvalue weighted by molar-refractivity contribution is 1.06. The number of aromatic nitrogens is 1. The molecule has 0 unspecified atom stereocenters. The Hall–Kier alpha value is -1.41. The Kier molecular flexibility index (Phi) is 1.99. The van der Waals surface area contributed by atoms with Crippen molar-refractivity contribution in [1.29, 1.82) is 0 Å². The third-order valence-electron chi connectivity index (χ3n) is 2.13. The van der Waals surface area contributed by atoms with E-state index in [2.05, 4.69) is 30.1 Å². The molecular formula is C11H12N2. The van der Waals surface area contributed by atoms with Crippen LogP contribution < -0.4 is 5.73 Å². The lowest BCUT2D eigenvalue weighted by Gasteiger charge is -2.00. The van der Waals surface area contributed by atoms with E-state index in [0.717, 1.165) is 11.1 Å². The van der Waals surface area contributed by atoms with Crippen molar-refractivity contribution in [3.05, 3.63) is 41.6 Å². The van der Waals surface area contributed by atoms with E-state index in [1.165, 1.54) is 10.9 Å². The van der Waals surface area contributed by atoms with E-state index in [0.29, 0.717) is 6.54 Å². The number of hydrogen-bond donors (Lipinski definition) is 1. The van der Waals surface area contributed by atoms with Gasteiger partial charge < -0.3 is 5.73 Å². The summed E-state index contributed by atoms with van der Waals surface area (Å²) in [6.07, 6.45) is 1.83. The van der Waals surface area contributed by atoms with E-state index in [4.69, 9.17) is 5.73 Å². The topological polar surface area (TPSA) is 38.9 Å². The van der Waals surface area contributed by atoms with Crippen molar-refractivity contribution in [2.75, 3.05) is 0 Å². The van der Waals surface area contributed by atoms with Gasteiger partial charge in [-0.15, -0.1) is 0 Å². The maximum atomic E-state index is 5.54. The summed E-state index contributed by atoms with van der Waals surface area (Å²) in [6.45, 7) is 2.63. The minimum atomic E-state index is 0.552. The van der Waals surface area contributed by atoms with Crippen molar-refractivity contribution in [2.45, 2.75) is 13.5 Å². The Bertz CT molecular complexity index is 435. The summed E-state index contributed by atoms with van der Waals surface area (Å²) in [7, 11) is 0. The highest BCUT2D eigenvalue weighted by molar-refractivity contribution is 5.79. The monoisotopic (exact) mass is 172 g/mol. The van der Waals surface area contributed by atoms with Crippen molar-refractivity contribution in [3.63, 3.8) is 0 Å². The summed E-state index contributed by atoms with van der Waals surface area (Å²) < 4.78 is 0. The zero-order chi connectivity index (χ0) is 9.26. The number of pyridine rings is 1. The van der Waals surface area contributed by atoms with E-state index in [-0.39, 0.29) is 0 Å². The highest BCUT2D eigenvalue weighted by Crippen LogP contribution is 2.14. The van der Waals surface area contributed by atoms with Crippen LogP contribution in [-0.2, 0) is 6.54 Å². The number of nitrogens with two attached hydrogens (primary N) is 1. The van der Waals surface area contributed by atoms with Gasteiger partial charge in [0.15, 0.2) is 0 Å². The third kappa shape index (κ3) is 1.53. The van der Waals surface area contributed by atoms with Crippen LogP contribution in [0.4, 0.5) is 0 Å². The molecule has 2 rings (SSSR count). The summed E-state index contributed by atoms with van der Waals surface area (Å²) in [4.78, 5) is 4.31. The number of nitrogens with zero attached hydrogens (tertiary/aromatic N) is 1. The molecule has 66 valence electrons. The van der Waals surface area contributed by atoms with Gasteiger partial charge in [-0.1, -0.05) is 11.6 Å². The van der Waals surface area contributed by atoms with Gasteiger partial charge in [0, 0.05) is 18.1 Å². The fourth-order valence-electron chi connectivity index (χ4n) is 1.41.